The molecule has 0 fully saturated rings. The van der Waals surface area contributed by atoms with Crippen LogP contribution in [0.15, 0.2) is 59.6 Å². The summed E-state index contributed by atoms with van der Waals surface area (Å²) >= 11 is 0. The molecule has 0 N–H and O–H groups in total. The minimum atomic E-state index is -0.423. The normalized spacial score (nSPS) is 16.4. The van der Waals surface area contributed by atoms with E-state index in [4.69, 9.17) is 4.74 Å². The zero-order valence-corrected chi connectivity index (χ0v) is 11.2. The summed E-state index contributed by atoms with van der Waals surface area (Å²) in [4.78, 5) is 16.9. The number of nitrogens with zero attached hydrogens (tertiary/aromatic N) is 1. The molecule has 1 heterocycles. The number of carbonyl (C=O) groups is 1. The molecule has 0 radical (unpaired) electrons. The Morgan fingerprint density at radius 1 is 1.10 bits per heavy atom. The van der Waals surface area contributed by atoms with Gasteiger partial charge in [-0.2, -0.15) is 0 Å². The first kappa shape index (κ1) is 12.6. The van der Waals surface area contributed by atoms with E-state index in [1.165, 1.54) is 0 Å². The summed E-state index contributed by atoms with van der Waals surface area (Å²) in [6.45, 7) is 2.19. The van der Waals surface area contributed by atoms with Gasteiger partial charge in [-0.05, 0) is 24.1 Å². The maximum absolute atomic E-state index is 12.3. The fraction of sp³-hybridized carbons (Fsp3) is 0.176. The van der Waals surface area contributed by atoms with E-state index >= 15 is 0 Å². The Kier molecular flexibility index (Phi) is 3.33. The van der Waals surface area contributed by atoms with Crippen molar-refractivity contribution in [2.24, 2.45) is 4.99 Å². The van der Waals surface area contributed by atoms with E-state index in [-0.39, 0.29) is 5.97 Å². The molecule has 1 atom stereocenters. The van der Waals surface area contributed by atoms with Gasteiger partial charge in [0.2, 0.25) is 0 Å². The van der Waals surface area contributed by atoms with Gasteiger partial charge in [-0.3, -0.25) is 9.79 Å². The van der Waals surface area contributed by atoms with Crippen LogP contribution in [-0.2, 0) is 9.53 Å². The molecule has 0 aliphatic carbocycles. The highest BCUT2D eigenvalue weighted by Crippen LogP contribution is 2.38. The zero-order chi connectivity index (χ0) is 13.9. The Bertz CT molecular complexity index is 662. The van der Waals surface area contributed by atoms with Gasteiger partial charge in [0.05, 0.1) is 18.0 Å². The fourth-order valence-corrected chi connectivity index (χ4v) is 2.48. The topological polar surface area (TPSA) is 38.7 Å². The molecule has 20 heavy (non-hydrogen) atoms. The lowest BCUT2D eigenvalue weighted by atomic mass is 9.92. The third-order valence-corrected chi connectivity index (χ3v) is 3.35. The predicted octanol–water partition coefficient (Wildman–Crippen LogP) is 3.47. The van der Waals surface area contributed by atoms with Crippen LogP contribution in [0.5, 0.6) is 0 Å². The first-order valence-electron chi connectivity index (χ1n) is 6.71. The monoisotopic (exact) mass is 265 g/mol. The van der Waals surface area contributed by atoms with E-state index in [9.17, 15) is 4.79 Å². The standard InChI is InChI=1S/C17H15NO2/c1-2-20-17(19)15-13-10-6-7-11-14(13)18-16(15)12-8-4-3-5-9-12/h3-11,15H,2H2,1H3. The summed E-state index contributed by atoms with van der Waals surface area (Å²) in [6, 6.07) is 17.5. The maximum Gasteiger partial charge on any atom is 0.319 e. The van der Waals surface area contributed by atoms with Crippen molar-refractivity contribution in [1.82, 2.24) is 0 Å². The van der Waals surface area contributed by atoms with E-state index in [0.717, 1.165) is 22.5 Å². The minimum absolute atomic E-state index is 0.236. The second kappa shape index (κ2) is 5.29. The molecule has 0 saturated carbocycles. The number of rotatable bonds is 3. The first-order valence-corrected chi connectivity index (χ1v) is 6.71. The van der Waals surface area contributed by atoms with Gasteiger partial charge in [-0.1, -0.05) is 48.5 Å². The Morgan fingerprint density at radius 3 is 2.55 bits per heavy atom. The Labute approximate surface area is 117 Å². The number of benzene rings is 2. The van der Waals surface area contributed by atoms with E-state index in [1.807, 2.05) is 61.5 Å². The SMILES string of the molecule is CCOC(=O)C1C(c2ccccc2)=Nc2ccccc21. The number of carbonyl (C=O) groups excluding carboxylic acids is 1. The van der Waals surface area contributed by atoms with Crippen LogP contribution in [0, 0.1) is 0 Å². The molecule has 0 saturated heterocycles. The van der Waals surface area contributed by atoms with Crippen molar-refractivity contribution in [1.29, 1.82) is 0 Å². The van der Waals surface area contributed by atoms with E-state index < -0.39 is 5.92 Å². The number of aliphatic imine (C=N–C) groups is 1. The van der Waals surface area contributed by atoms with Crippen molar-refractivity contribution >= 4 is 17.4 Å². The van der Waals surface area contributed by atoms with Crippen LogP contribution in [0.1, 0.15) is 24.0 Å². The highest BCUT2D eigenvalue weighted by atomic mass is 16.5. The molecule has 2 aromatic carbocycles. The Hall–Kier alpha value is -2.42. The molecule has 3 heteroatoms. The maximum atomic E-state index is 12.3. The average Bonchev–Trinajstić information content (AvgIpc) is 2.88. The van der Waals surface area contributed by atoms with Crippen LogP contribution in [-0.4, -0.2) is 18.3 Å². The van der Waals surface area contributed by atoms with Crippen LogP contribution in [0.2, 0.25) is 0 Å². The molecule has 1 unspecified atom stereocenters. The summed E-state index contributed by atoms with van der Waals surface area (Å²) in [5.74, 6) is -0.659. The summed E-state index contributed by atoms with van der Waals surface area (Å²) in [7, 11) is 0. The molecular formula is C17H15NO2. The molecular weight excluding hydrogens is 250 g/mol. The third kappa shape index (κ3) is 2.11. The second-order valence-corrected chi connectivity index (χ2v) is 4.61. The fourth-order valence-electron chi connectivity index (χ4n) is 2.48. The van der Waals surface area contributed by atoms with Gasteiger partial charge in [0.15, 0.2) is 0 Å². The van der Waals surface area contributed by atoms with Gasteiger partial charge in [0.25, 0.3) is 0 Å². The van der Waals surface area contributed by atoms with Gasteiger partial charge in [0.1, 0.15) is 5.92 Å². The van der Waals surface area contributed by atoms with Gasteiger partial charge < -0.3 is 4.74 Å². The number of fused-ring (bicyclic) bond motifs is 1. The molecule has 3 rings (SSSR count). The second-order valence-electron chi connectivity index (χ2n) is 4.61. The highest BCUT2D eigenvalue weighted by molar-refractivity contribution is 6.19. The summed E-state index contributed by atoms with van der Waals surface area (Å²) in [5.41, 5.74) is 3.50. The quantitative estimate of drug-likeness (QED) is 0.797. The summed E-state index contributed by atoms with van der Waals surface area (Å²) in [5, 5.41) is 0. The van der Waals surface area contributed by atoms with Crippen LogP contribution < -0.4 is 0 Å². The van der Waals surface area contributed by atoms with Crippen LogP contribution in [0.25, 0.3) is 0 Å². The van der Waals surface area contributed by atoms with Crippen molar-refractivity contribution in [2.45, 2.75) is 12.8 Å². The van der Waals surface area contributed by atoms with Crippen molar-refractivity contribution in [3.05, 3.63) is 65.7 Å². The largest absolute Gasteiger partial charge is 0.465 e. The summed E-state index contributed by atoms with van der Waals surface area (Å²) < 4.78 is 5.21. The lowest BCUT2D eigenvalue weighted by Crippen LogP contribution is -2.22. The van der Waals surface area contributed by atoms with E-state index in [2.05, 4.69) is 4.99 Å². The van der Waals surface area contributed by atoms with Crippen molar-refractivity contribution in [3.8, 4) is 0 Å². The minimum Gasteiger partial charge on any atom is -0.465 e. The smallest absolute Gasteiger partial charge is 0.319 e. The molecule has 0 amide bonds. The van der Waals surface area contributed by atoms with Gasteiger partial charge in [0, 0.05) is 0 Å². The molecule has 0 bridgehead atoms. The number of ether oxygens (including phenoxy) is 1. The summed E-state index contributed by atoms with van der Waals surface area (Å²) in [6.07, 6.45) is 0. The van der Waals surface area contributed by atoms with E-state index in [0.29, 0.717) is 6.61 Å². The first-order chi connectivity index (χ1) is 9.81. The molecule has 2 aromatic rings. The third-order valence-electron chi connectivity index (χ3n) is 3.35. The van der Waals surface area contributed by atoms with Crippen molar-refractivity contribution in [3.63, 3.8) is 0 Å². The number of hydrogen-bond acceptors (Lipinski definition) is 3. The average molecular weight is 265 g/mol. The zero-order valence-electron chi connectivity index (χ0n) is 11.2. The van der Waals surface area contributed by atoms with Crippen LogP contribution in [0.4, 0.5) is 5.69 Å². The van der Waals surface area contributed by atoms with Crippen molar-refractivity contribution in [2.75, 3.05) is 6.61 Å². The molecule has 0 aromatic heterocycles. The highest BCUT2D eigenvalue weighted by Gasteiger charge is 2.34. The molecule has 1 aliphatic heterocycles. The Morgan fingerprint density at radius 2 is 1.80 bits per heavy atom. The number of esters is 1. The van der Waals surface area contributed by atoms with Gasteiger partial charge >= 0.3 is 5.97 Å². The van der Waals surface area contributed by atoms with Gasteiger partial charge in [-0.25, -0.2) is 0 Å². The van der Waals surface area contributed by atoms with E-state index in [1.54, 1.807) is 0 Å². The molecule has 1 aliphatic rings. The lowest BCUT2D eigenvalue weighted by molar-refractivity contribution is -0.143. The van der Waals surface area contributed by atoms with Gasteiger partial charge in [-0.15, -0.1) is 0 Å². The molecule has 100 valence electrons. The number of hydrogen-bond donors (Lipinski definition) is 0. The lowest BCUT2D eigenvalue weighted by Gasteiger charge is -2.13. The molecule has 3 nitrogen and oxygen atoms in total. The van der Waals surface area contributed by atoms with Crippen molar-refractivity contribution < 1.29 is 9.53 Å². The molecule has 0 spiro atoms. The van der Waals surface area contributed by atoms with Crippen LogP contribution in [0.3, 0.4) is 0 Å². The van der Waals surface area contributed by atoms with Crippen LogP contribution >= 0.6 is 0 Å². The predicted molar refractivity (Wildman–Crippen MR) is 78.5 cm³/mol. The number of para-hydroxylation sites is 1. The Balaban J connectivity index is 2.07.